The van der Waals surface area contributed by atoms with E-state index in [9.17, 15) is 18.0 Å². The number of rotatable bonds is 3. The van der Waals surface area contributed by atoms with E-state index in [1.54, 1.807) is 13.1 Å². The first-order chi connectivity index (χ1) is 12.2. The van der Waals surface area contributed by atoms with Crippen molar-refractivity contribution in [3.05, 3.63) is 33.8 Å². The van der Waals surface area contributed by atoms with Crippen molar-refractivity contribution in [3.63, 3.8) is 0 Å². The summed E-state index contributed by atoms with van der Waals surface area (Å²) in [4.78, 5) is 28.8. The van der Waals surface area contributed by atoms with E-state index >= 15 is 0 Å². The van der Waals surface area contributed by atoms with Crippen LogP contribution >= 0.6 is 23.2 Å². The molecular formula is C17H20Cl2N2O4S. The highest BCUT2D eigenvalue weighted by Crippen LogP contribution is 2.26. The minimum atomic E-state index is -3.08. The molecule has 0 radical (unpaired) electrons. The Morgan fingerprint density at radius 1 is 1.15 bits per heavy atom. The van der Waals surface area contributed by atoms with E-state index < -0.39 is 15.9 Å². The van der Waals surface area contributed by atoms with Crippen LogP contribution in [0.1, 0.15) is 29.6 Å². The number of nitrogens with zero attached hydrogens (tertiary/aromatic N) is 2. The predicted octanol–water partition coefficient (Wildman–Crippen LogP) is 2.24. The number of hydrogen-bond acceptors (Lipinski definition) is 4. The number of likely N-dealkylation sites (tertiary alicyclic amines) is 1. The Morgan fingerprint density at radius 2 is 1.81 bits per heavy atom. The van der Waals surface area contributed by atoms with E-state index in [2.05, 4.69) is 0 Å². The quantitative estimate of drug-likeness (QED) is 0.753. The van der Waals surface area contributed by atoms with Gasteiger partial charge in [0.1, 0.15) is 6.04 Å². The molecule has 0 aromatic heterocycles. The van der Waals surface area contributed by atoms with Crippen molar-refractivity contribution in [2.24, 2.45) is 0 Å². The molecule has 2 heterocycles. The summed E-state index contributed by atoms with van der Waals surface area (Å²) in [6.45, 7) is 0.468. The van der Waals surface area contributed by atoms with Crippen molar-refractivity contribution in [3.8, 4) is 0 Å². The first-order valence-corrected chi connectivity index (χ1v) is 11.0. The first-order valence-electron chi connectivity index (χ1n) is 8.42. The van der Waals surface area contributed by atoms with Crippen LogP contribution < -0.4 is 0 Å². The van der Waals surface area contributed by atoms with Crippen LogP contribution in [0.15, 0.2) is 18.2 Å². The lowest BCUT2D eigenvalue weighted by Crippen LogP contribution is -2.49. The van der Waals surface area contributed by atoms with Gasteiger partial charge in [-0.1, -0.05) is 23.2 Å². The fourth-order valence-corrected chi connectivity index (χ4v) is 5.91. The lowest BCUT2D eigenvalue weighted by Gasteiger charge is -2.31. The molecule has 2 aliphatic rings. The Hall–Kier alpha value is -1.31. The van der Waals surface area contributed by atoms with E-state index in [0.29, 0.717) is 41.4 Å². The van der Waals surface area contributed by atoms with Gasteiger partial charge in [-0.25, -0.2) is 8.42 Å². The van der Waals surface area contributed by atoms with Gasteiger partial charge >= 0.3 is 0 Å². The molecule has 0 N–H and O–H groups in total. The van der Waals surface area contributed by atoms with Crippen molar-refractivity contribution in [1.29, 1.82) is 0 Å². The highest BCUT2D eigenvalue weighted by Gasteiger charge is 2.40. The van der Waals surface area contributed by atoms with Crippen LogP contribution in [0.25, 0.3) is 0 Å². The van der Waals surface area contributed by atoms with Crippen molar-refractivity contribution in [2.45, 2.75) is 31.3 Å². The van der Waals surface area contributed by atoms with Gasteiger partial charge in [-0.3, -0.25) is 9.59 Å². The Bertz CT molecular complexity index is 823. The van der Waals surface area contributed by atoms with Gasteiger partial charge in [-0.05, 0) is 37.5 Å². The molecule has 0 saturated carbocycles. The number of halogens is 2. The SMILES string of the molecule is CN(C(=O)[C@@H]1CCCN1C(=O)c1cc(Cl)cc(Cl)c1)[C@H]1CCS(=O)(=O)C1. The number of amides is 2. The summed E-state index contributed by atoms with van der Waals surface area (Å²) in [7, 11) is -1.47. The van der Waals surface area contributed by atoms with Crippen molar-refractivity contribution in [1.82, 2.24) is 9.80 Å². The van der Waals surface area contributed by atoms with E-state index in [4.69, 9.17) is 23.2 Å². The maximum atomic E-state index is 12.9. The molecule has 2 aliphatic heterocycles. The lowest BCUT2D eigenvalue weighted by molar-refractivity contribution is -0.135. The fourth-order valence-electron chi connectivity index (χ4n) is 3.61. The molecule has 0 spiro atoms. The van der Waals surface area contributed by atoms with Gasteiger partial charge < -0.3 is 9.80 Å². The molecule has 9 heteroatoms. The van der Waals surface area contributed by atoms with Crippen LogP contribution in [0.4, 0.5) is 0 Å². The molecule has 6 nitrogen and oxygen atoms in total. The lowest BCUT2D eigenvalue weighted by atomic mass is 10.1. The first kappa shape index (κ1) is 19.5. The zero-order valence-corrected chi connectivity index (χ0v) is 16.6. The third kappa shape index (κ3) is 4.00. The Kier molecular flexibility index (Phi) is 5.51. The third-order valence-electron chi connectivity index (χ3n) is 5.01. The molecule has 0 aliphatic carbocycles. The van der Waals surface area contributed by atoms with E-state index in [1.165, 1.54) is 21.9 Å². The summed E-state index contributed by atoms with van der Waals surface area (Å²) < 4.78 is 23.4. The molecule has 1 aromatic carbocycles. The third-order valence-corrected chi connectivity index (χ3v) is 7.20. The Morgan fingerprint density at radius 3 is 2.38 bits per heavy atom. The Labute approximate surface area is 163 Å². The number of carbonyl (C=O) groups is 2. The smallest absolute Gasteiger partial charge is 0.254 e. The molecule has 0 unspecified atom stereocenters. The van der Waals surface area contributed by atoms with E-state index in [-0.39, 0.29) is 29.4 Å². The van der Waals surface area contributed by atoms with Crippen LogP contribution in [0, 0.1) is 0 Å². The van der Waals surface area contributed by atoms with Crippen LogP contribution in [0.3, 0.4) is 0 Å². The molecule has 26 heavy (non-hydrogen) atoms. The average Bonchev–Trinajstić information content (AvgIpc) is 3.18. The largest absolute Gasteiger partial charge is 0.340 e. The molecule has 3 rings (SSSR count). The second-order valence-corrected chi connectivity index (χ2v) is 9.92. The summed E-state index contributed by atoms with van der Waals surface area (Å²) in [5.74, 6) is -0.424. The van der Waals surface area contributed by atoms with Gasteiger partial charge in [0.15, 0.2) is 9.84 Å². The minimum Gasteiger partial charge on any atom is -0.340 e. The maximum Gasteiger partial charge on any atom is 0.254 e. The molecular weight excluding hydrogens is 399 g/mol. The molecule has 2 saturated heterocycles. The van der Waals surface area contributed by atoms with Gasteiger partial charge in [0.25, 0.3) is 5.91 Å². The Balaban J connectivity index is 1.77. The monoisotopic (exact) mass is 418 g/mol. The normalized spacial score (nSPS) is 24.7. The van der Waals surface area contributed by atoms with Crippen LogP contribution in [0.5, 0.6) is 0 Å². The van der Waals surface area contributed by atoms with Gasteiger partial charge in [0.05, 0.1) is 11.5 Å². The fraction of sp³-hybridized carbons (Fsp3) is 0.529. The number of likely N-dealkylation sites (N-methyl/N-ethyl adjacent to an activating group) is 1. The van der Waals surface area contributed by atoms with Gasteiger partial charge in [-0.15, -0.1) is 0 Å². The zero-order chi connectivity index (χ0) is 19.1. The summed E-state index contributed by atoms with van der Waals surface area (Å²) in [6, 6.07) is 3.69. The standard InChI is InChI=1S/C17H20Cl2N2O4S/c1-20(14-4-6-26(24,25)10-14)17(23)15-3-2-5-21(15)16(22)11-7-12(18)9-13(19)8-11/h7-9,14-15H,2-6,10H2,1H3/t14-,15-/m0/s1. The molecule has 2 fully saturated rings. The van der Waals surface area contributed by atoms with E-state index in [0.717, 1.165) is 0 Å². The number of sulfone groups is 1. The topological polar surface area (TPSA) is 74.8 Å². The predicted molar refractivity (Wildman–Crippen MR) is 100 cm³/mol. The molecule has 1 aromatic rings. The average molecular weight is 419 g/mol. The molecule has 2 atom stereocenters. The van der Waals surface area contributed by atoms with Gasteiger partial charge in [-0.2, -0.15) is 0 Å². The van der Waals surface area contributed by atoms with Crippen LogP contribution in [-0.2, 0) is 14.6 Å². The number of benzene rings is 1. The second kappa shape index (κ2) is 7.37. The summed E-state index contributed by atoms with van der Waals surface area (Å²) >= 11 is 12.0. The summed E-state index contributed by atoms with van der Waals surface area (Å²) in [5, 5.41) is 0.715. The maximum absolute atomic E-state index is 12.9. The van der Waals surface area contributed by atoms with Crippen molar-refractivity contribution >= 4 is 44.9 Å². The number of carbonyl (C=O) groups excluding carboxylic acids is 2. The summed E-state index contributed by atoms with van der Waals surface area (Å²) in [6.07, 6.45) is 1.71. The van der Waals surface area contributed by atoms with Crippen LogP contribution in [0.2, 0.25) is 10.0 Å². The van der Waals surface area contributed by atoms with Crippen molar-refractivity contribution < 1.29 is 18.0 Å². The van der Waals surface area contributed by atoms with Crippen LogP contribution in [-0.4, -0.2) is 67.2 Å². The molecule has 2 amide bonds. The van der Waals surface area contributed by atoms with E-state index in [1.807, 2.05) is 0 Å². The minimum absolute atomic E-state index is 0.0141. The van der Waals surface area contributed by atoms with Gasteiger partial charge in [0, 0.05) is 35.2 Å². The highest BCUT2D eigenvalue weighted by atomic mass is 35.5. The highest BCUT2D eigenvalue weighted by molar-refractivity contribution is 7.91. The summed E-state index contributed by atoms with van der Waals surface area (Å²) in [5.41, 5.74) is 0.341. The number of hydrogen-bond donors (Lipinski definition) is 0. The molecule has 0 bridgehead atoms. The zero-order valence-electron chi connectivity index (χ0n) is 14.3. The molecule has 142 valence electrons. The second-order valence-electron chi connectivity index (χ2n) is 6.82. The van der Waals surface area contributed by atoms with Gasteiger partial charge in [0.2, 0.25) is 5.91 Å². The van der Waals surface area contributed by atoms with Crippen molar-refractivity contribution in [2.75, 3.05) is 25.1 Å².